The van der Waals surface area contributed by atoms with Gasteiger partial charge in [-0.25, -0.2) is 4.98 Å². The van der Waals surface area contributed by atoms with Crippen molar-refractivity contribution in [2.24, 2.45) is 5.92 Å². The Morgan fingerprint density at radius 1 is 1.16 bits per heavy atom. The summed E-state index contributed by atoms with van der Waals surface area (Å²) in [5.41, 5.74) is 3.72. The number of carbonyl (C=O) groups is 1. The van der Waals surface area contributed by atoms with Crippen LogP contribution in [0.5, 0.6) is 5.75 Å². The Balaban J connectivity index is 1.12. The third-order valence-corrected chi connectivity index (χ3v) is 7.28. The van der Waals surface area contributed by atoms with Gasteiger partial charge in [0.05, 0.1) is 23.9 Å². The first-order chi connectivity index (χ1) is 15.5. The van der Waals surface area contributed by atoms with Crippen LogP contribution in [-0.4, -0.2) is 30.6 Å². The highest BCUT2D eigenvalue weighted by molar-refractivity contribution is 7.13. The van der Waals surface area contributed by atoms with Gasteiger partial charge in [-0.05, 0) is 68.0 Å². The lowest BCUT2D eigenvalue weighted by Crippen LogP contribution is -2.45. The maximum atomic E-state index is 12.4. The molecule has 5 nitrogen and oxygen atoms in total. The average Bonchev–Trinajstić information content (AvgIpc) is 3.50. The number of aryl methyl sites for hydroxylation is 1. The van der Waals surface area contributed by atoms with Crippen molar-refractivity contribution in [3.8, 4) is 5.75 Å². The van der Waals surface area contributed by atoms with Gasteiger partial charge in [-0.3, -0.25) is 4.79 Å². The third kappa shape index (κ3) is 4.80. The monoisotopic (exact) mass is 447 g/mol. The minimum absolute atomic E-state index is 0.0440. The van der Waals surface area contributed by atoms with E-state index in [9.17, 15) is 4.79 Å². The molecule has 0 radical (unpaired) electrons. The lowest BCUT2D eigenvalue weighted by atomic mass is 9.90. The van der Waals surface area contributed by atoms with Crippen LogP contribution in [0.1, 0.15) is 57.5 Å². The van der Waals surface area contributed by atoms with E-state index >= 15 is 0 Å². The number of hydrogen-bond acceptors (Lipinski definition) is 5. The van der Waals surface area contributed by atoms with Gasteiger partial charge in [0, 0.05) is 24.7 Å². The van der Waals surface area contributed by atoms with Crippen LogP contribution in [0.25, 0.3) is 0 Å². The predicted octanol–water partition coefficient (Wildman–Crippen LogP) is 5.34. The Morgan fingerprint density at radius 2 is 1.88 bits per heavy atom. The normalized spacial score (nSPS) is 17.0. The van der Waals surface area contributed by atoms with Gasteiger partial charge in [-0.1, -0.05) is 24.3 Å². The van der Waals surface area contributed by atoms with Gasteiger partial charge in [-0.2, -0.15) is 0 Å². The number of carbonyl (C=O) groups excluding carboxylic acids is 1. The summed E-state index contributed by atoms with van der Waals surface area (Å²) < 4.78 is 5.84. The van der Waals surface area contributed by atoms with Crippen LogP contribution < -0.4 is 15.0 Å². The molecule has 2 heterocycles. The van der Waals surface area contributed by atoms with Gasteiger partial charge in [0.2, 0.25) is 0 Å². The molecule has 166 valence electrons. The molecule has 1 unspecified atom stereocenters. The number of aromatic nitrogens is 1. The molecule has 3 aromatic rings. The first kappa shape index (κ1) is 21.0. The molecule has 1 atom stereocenters. The van der Waals surface area contributed by atoms with E-state index in [1.807, 2.05) is 13.8 Å². The highest BCUT2D eigenvalue weighted by Gasteiger charge is 2.28. The van der Waals surface area contributed by atoms with E-state index in [2.05, 4.69) is 63.7 Å². The first-order valence-corrected chi connectivity index (χ1v) is 12.2. The number of anilines is 1. The van der Waals surface area contributed by atoms with Crippen molar-refractivity contribution in [3.05, 3.63) is 75.7 Å². The maximum absolute atomic E-state index is 12.4. The zero-order chi connectivity index (χ0) is 22.1. The topological polar surface area (TPSA) is 54.5 Å². The van der Waals surface area contributed by atoms with E-state index in [4.69, 9.17) is 4.74 Å². The number of ether oxygens (including phenoxy) is 1. The summed E-state index contributed by atoms with van der Waals surface area (Å²) in [5, 5.41) is 3.97. The van der Waals surface area contributed by atoms with Crippen molar-refractivity contribution in [3.63, 3.8) is 0 Å². The third-order valence-electron chi connectivity index (χ3n) is 6.37. The standard InChI is InChI=1S/C26H29N3O2S/c1-17(28-26(30)25-13-27-18(2)32-25)20-5-7-21(8-6-20)22-14-29(15-22)23-9-11-24(12-10-23)31-16-19-3-4-19/h5-13,17,19,22H,3-4,14-16H2,1-2H3,(H,28,30). The van der Waals surface area contributed by atoms with Gasteiger partial charge in [0.1, 0.15) is 10.6 Å². The van der Waals surface area contributed by atoms with E-state index in [1.54, 1.807) is 6.20 Å². The number of hydrogen-bond donors (Lipinski definition) is 1. The zero-order valence-electron chi connectivity index (χ0n) is 18.6. The molecule has 2 aromatic carbocycles. The van der Waals surface area contributed by atoms with Crippen LogP contribution in [0.15, 0.2) is 54.7 Å². The van der Waals surface area contributed by atoms with Crippen molar-refractivity contribution in [1.82, 2.24) is 10.3 Å². The lowest BCUT2D eigenvalue weighted by molar-refractivity contribution is 0.0944. The zero-order valence-corrected chi connectivity index (χ0v) is 19.4. The molecule has 5 rings (SSSR count). The summed E-state index contributed by atoms with van der Waals surface area (Å²) in [6, 6.07) is 17.1. The summed E-state index contributed by atoms with van der Waals surface area (Å²) >= 11 is 1.42. The fourth-order valence-corrected chi connectivity index (χ4v) is 4.71. The van der Waals surface area contributed by atoms with Crippen LogP contribution >= 0.6 is 11.3 Å². The molecule has 32 heavy (non-hydrogen) atoms. The lowest BCUT2D eigenvalue weighted by Gasteiger charge is -2.41. The van der Waals surface area contributed by atoms with Gasteiger partial charge in [0.25, 0.3) is 5.91 Å². The molecule has 6 heteroatoms. The quantitative estimate of drug-likeness (QED) is 0.507. The smallest absolute Gasteiger partial charge is 0.263 e. The van der Waals surface area contributed by atoms with Crippen molar-refractivity contribution in [1.29, 1.82) is 0 Å². The Labute approximate surface area is 193 Å². The first-order valence-electron chi connectivity index (χ1n) is 11.4. The number of thiazole rings is 1. The Hall–Kier alpha value is -2.86. The maximum Gasteiger partial charge on any atom is 0.263 e. The molecule has 1 aromatic heterocycles. The minimum atomic E-state index is -0.0641. The molecule has 1 amide bonds. The molecule has 2 fully saturated rings. The number of amides is 1. The molecular weight excluding hydrogens is 418 g/mol. The van der Waals surface area contributed by atoms with Crippen LogP contribution in [-0.2, 0) is 0 Å². The van der Waals surface area contributed by atoms with Crippen molar-refractivity contribution < 1.29 is 9.53 Å². The number of nitrogens with zero attached hydrogens (tertiary/aromatic N) is 2. The van der Waals surface area contributed by atoms with Gasteiger partial charge in [-0.15, -0.1) is 11.3 Å². The van der Waals surface area contributed by atoms with E-state index in [0.717, 1.165) is 41.9 Å². The van der Waals surface area contributed by atoms with Gasteiger partial charge < -0.3 is 15.0 Å². The Bertz CT molecular complexity index is 1070. The summed E-state index contributed by atoms with van der Waals surface area (Å²) in [4.78, 5) is 19.6. The summed E-state index contributed by atoms with van der Waals surface area (Å²) in [7, 11) is 0. The van der Waals surface area contributed by atoms with Crippen molar-refractivity contribution >= 4 is 22.9 Å². The van der Waals surface area contributed by atoms with Crippen LogP contribution in [0.3, 0.4) is 0 Å². The molecule has 0 spiro atoms. The van der Waals surface area contributed by atoms with Crippen molar-refractivity contribution in [2.45, 2.75) is 38.6 Å². The Morgan fingerprint density at radius 3 is 2.50 bits per heavy atom. The van der Waals surface area contributed by atoms with E-state index in [1.165, 1.54) is 35.4 Å². The second kappa shape index (κ2) is 8.94. The predicted molar refractivity (Wildman–Crippen MR) is 129 cm³/mol. The fraction of sp³-hybridized carbons (Fsp3) is 0.385. The molecule has 1 N–H and O–H groups in total. The summed E-state index contributed by atoms with van der Waals surface area (Å²) in [6.07, 6.45) is 4.27. The highest BCUT2D eigenvalue weighted by Crippen LogP contribution is 2.34. The van der Waals surface area contributed by atoms with E-state index in [-0.39, 0.29) is 11.9 Å². The second-order valence-corrected chi connectivity index (χ2v) is 10.2. The van der Waals surface area contributed by atoms with Gasteiger partial charge in [0.15, 0.2) is 0 Å². The molecule has 1 aliphatic carbocycles. The summed E-state index contributed by atoms with van der Waals surface area (Å²) in [5.74, 6) is 2.23. The molecule has 1 saturated heterocycles. The van der Waals surface area contributed by atoms with Crippen molar-refractivity contribution in [2.75, 3.05) is 24.6 Å². The average molecular weight is 448 g/mol. The van der Waals surface area contributed by atoms with Crippen LogP contribution in [0, 0.1) is 12.8 Å². The molecule has 2 aliphatic rings. The van der Waals surface area contributed by atoms with Crippen LogP contribution in [0.2, 0.25) is 0 Å². The van der Waals surface area contributed by atoms with E-state index in [0.29, 0.717) is 10.8 Å². The number of rotatable bonds is 8. The Kier molecular flexibility index (Phi) is 5.87. The summed E-state index contributed by atoms with van der Waals surface area (Å²) in [6.45, 7) is 6.83. The SMILES string of the molecule is Cc1ncc(C(=O)NC(C)c2ccc(C3CN(c4ccc(OCC5CC5)cc4)C3)cc2)s1. The second-order valence-electron chi connectivity index (χ2n) is 8.96. The van der Waals surface area contributed by atoms with Gasteiger partial charge >= 0.3 is 0 Å². The fourth-order valence-electron chi connectivity index (χ4n) is 4.03. The minimum Gasteiger partial charge on any atom is -0.493 e. The highest BCUT2D eigenvalue weighted by atomic mass is 32.1. The molecule has 0 bridgehead atoms. The van der Waals surface area contributed by atoms with E-state index < -0.39 is 0 Å². The molecule has 1 aliphatic heterocycles. The number of nitrogens with one attached hydrogen (secondary N) is 1. The largest absolute Gasteiger partial charge is 0.493 e. The molecular formula is C26H29N3O2S. The van der Waals surface area contributed by atoms with Crippen LogP contribution in [0.4, 0.5) is 5.69 Å². The number of benzene rings is 2. The molecule has 1 saturated carbocycles.